The number of carbonyl (C=O) groups is 1. The lowest BCUT2D eigenvalue weighted by atomic mass is 9.90. The molecule has 1 heterocycles. The van der Waals surface area contributed by atoms with Crippen LogP contribution in [0.5, 0.6) is 0 Å². The molecule has 2 atom stereocenters. The van der Waals surface area contributed by atoms with Crippen molar-refractivity contribution in [2.75, 3.05) is 52.3 Å². The SMILES string of the molecule is COC(CN(CCCN1CCC2(CC2)[C@H](O)C1)C(=O)C(C)Nc1ccc(-c2ccccc2)cc1)OC. The van der Waals surface area contributed by atoms with E-state index in [1.807, 2.05) is 42.2 Å². The Morgan fingerprint density at radius 3 is 2.36 bits per heavy atom. The van der Waals surface area contributed by atoms with Crippen molar-refractivity contribution in [3.05, 3.63) is 54.6 Å². The molecule has 0 radical (unpaired) electrons. The number of rotatable bonds is 12. The first kappa shape index (κ1) is 26.6. The zero-order valence-corrected chi connectivity index (χ0v) is 21.9. The van der Waals surface area contributed by atoms with Crippen LogP contribution >= 0.6 is 0 Å². The predicted molar refractivity (Wildman–Crippen MR) is 143 cm³/mol. The Balaban J connectivity index is 1.32. The quantitative estimate of drug-likeness (QED) is 0.436. The van der Waals surface area contributed by atoms with Crippen LogP contribution in [-0.4, -0.2) is 86.2 Å². The summed E-state index contributed by atoms with van der Waals surface area (Å²) in [5.74, 6) is 0.0110. The third-order valence-electron chi connectivity index (χ3n) is 7.81. The molecule has 2 fully saturated rings. The molecule has 2 aliphatic rings. The molecule has 7 heteroatoms. The molecule has 4 rings (SSSR count). The minimum Gasteiger partial charge on any atom is -0.391 e. The number of benzene rings is 2. The minimum absolute atomic E-state index is 0.0110. The molecule has 1 aliphatic heterocycles. The Morgan fingerprint density at radius 1 is 1.08 bits per heavy atom. The van der Waals surface area contributed by atoms with Gasteiger partial charge in [0.1, 0.15) is 6.04 Å². The first-order chi connectivity index (χ1) is 17.4. The van der Waals surface area contributed by atoms with Crippen LogP contribution in [0.1, 0.15) is 32.6 Å². The minimum atomic E-state index is -0.474. The Morgan fingerprint density at radius 2 is 1.75 bits per heavy atom. The monoisotopic (exact) mass is 495 g/mol. The van der Waals surface area contributed by atoms with Gasteiger partial charge in [-0.25, -0.2) is 0 Å². The van der Waals surface area contributed by atoms with Gasteiger partial charge < -0.3 is 29.7 Å². The number of anilines is 1. The van der Waals surface area contributed by atoms with Crippen molar-refractivity contribution in [2.45, 2.75) is 51.0 Å². The second-order valence-electron chi connectivity index (χ2n) is 10.3. The summed E-state index contributed by atoms with van der Waals surface area (Å²) in [5, 5.41) is 13.9. The van der Waals surface area contributed by atoms with Gasteiger partial charge in [-0.3, -0.25) is 4.79 Å². The Bertz CT molecular complexity index is 960. The van der Waals surface area contributed by atoms with E-state index in [0.717, 1.165) is 49.3 Å². The number of nitrogens with zero attached hydrogens (tertiary/aromatic N) is 2. The van der Waals surface area contributed by atoms with E-state index in [1.54, 1.807) is 14.2 Å². The standard InChI is InChI=1S/C29H41N3O4/c1-22(30-25-12-10-24(11-13-25)23-8-5-4-6-9-23)28(34)32(21-27(35-2)36-3)18-7-17-31-19-16-29(14-15-29)26(33)20-31/h4-6,8-13,22,26-27,30,33H,7,14-21H2,1-3H3/t22?,26-/m1/s1. The molecule has 1 saturated heterocycles. The van der Waals surface area contributed by atoms with Crippen molar-refractivity contribution < 1.29 is 19.4 Å². The summed E-state index contributed by atoms with van der Waals surface area (Å²) >= 11 is 0. The maximum atomic E-state index is 13.4. The van der Waals surface area contributed by atoms with Gasteiger partial charge in [-0.1, -0.05) is 42.5 Å². The van der Waals surface area contributed by atoms with Gasteiger partial charge in [0.15, 0.2) is 6.29 Å². The Hall–Kier alpha value is -2.45. The summed E-state index contributed by atoms with van der Waals surface area (Å²) in [6, 6.07) is 18.0. The van der Waals surface area contributed by atoms with Crippen LogP contribution in [0.2, 0.25) is 0 Å². The van der Waals surface area contributed by atoms with E-state index in [1.165, 1.54) is 12.8 Å². The van der Waals surface area contributed by atoms with Gasteiger partial charge in [0, 0.05) is 33.0 Å². The van der Waals surface area contributed by atoms with Gasteiger partial charge in [0.2, 0.25) is 5.91 Å². The average molecular weight is 496 g/mol. The number of methoxy groups -OCH3 is 2. The van der Waals surface area contributed by atoms with E-state index >= 15 is 0 Å². The fraction of sp³-hybridized carbons (Fsp3) is 0.552. The van der Waals surface area contributed by atoms with Crippen LogP contribution in [0.4, 0.5) is 5.69 Å². The number of carbonyl (C=O) groups excluding carboxylic acids is 1. The third kappa shape index (κ3) is 6.65. The van der Waals surface area contributed by atoms with E-state index < -0.39 is 12.3 Å². The smallest absolute Gasteiger partial charge is 0.244 e. The molecule has 1 saturated carbocycles. The summed E-state index contributed by atoms with van der Waals surface area (Å²) < 4.78 is 10.8. The first-order valence-electron chi connectivity index (χ1n) is 13.1. The number of hydrogen-bond donors (Lipinski definition) is 2. The number of β-amino-alcohol motifs (C(OH)–C–C–N with tert-alkyl or cyclic N) is 1. The summed E-state index contributed by atoms with van der Waals surface area (Å²) in [6.07, 6.45) is 3.56. The van der Waals surface area contributed by atoms with Crippen LogP contribution in [0.25, 0.3) is 11.1 Å². The second kappa shape index (κ2) is 12.2. The van der Waals surface area contributed by atoms with E-state index in [-0.39, 0.29) is 17.4 Å². The number of hydrogen-bond acceptors (Lipinski definition) is 6. The summed E-state index contributed by atoms with van der Waals surface area (Å²) in [6.45, 7) is 5.51. The Labute approximate surface area is 215 Å². The number of nitrogens with one attached hydrogen (secondary N) is 1. The van der Waals surface area contributed by atoms with Gasteiger partial charge in [-0.15, -0.1) is 0 Å². The fourth-order valence-corrected chi connectivity index (χ4v) is 5.20. The lowest BCUT2D eigenvalue weighted by molar-refractivity contribution is -0.146. The molecule has 7 nitrogen and oxygen atoms in total. The molecule has 0 aromatic heterocycles. The second-order valence-corrected chi connectivity index (χ2v) is 10.3. The van der Waals surface area contributed by atoms with Crippen LogP contribution in [-0.2, 0) is 14.3 Å². The van der Waals surface area contributed by atoms with Gasteiger partial charge in [-0.05, 0) is 74.4 Å². The molecule has 2 aromatic carbocycles. The average Bonchev–Trinajstić information content (AvgIpc) is 3.69. The Kier molecular flexibility index (Phi) is 9.01. The number of aliphatic hydroxyl groups excluding tert-OH is 1. The zero-order chi connectivity index (χ0) is 25.5. The summed E-state index contributed by atoms with van der Waals surface area (Å²) in [4.78, 5) is 17.6. The molecule has 0 bridgehead atoms. The first-order valence-corrected chi connectivity index (χ1v) is 13.1. The van der Waals surface area contributed by atoms with Gasteiger partial charge in [0.25, 0.3) is 0 Å². The van der Waals surface area contributed by atoms with Gasteiger partial charge in [-0.2, -0.15) is 0 Å². The van der Waals surface area contributed by atoms with Crippen molar-refractivity contribution in [2.24, 2.45) is 5.41 Å². The highest BCUT2D eigenvalue weighted by Crippen LogP contribution is 2.53. The highest BCUT2D eigenvalue weighted by atomic mass is 16.7. The summed E-state index contributed by atoms with van der Waals surface area (Å²) in [7, 11) is 3.19. The number of ether oxygens (including phenoxy) is 2. The molecule has 2 aromatic rings. The van der Waals surface area contributed by atoms with Crippen LogP contribution in [0, 0.1) is 5.41 Å². The number of piperidine rings is 1. The van der Waals surface area contributed by atoms with Gasteiger partial charge >= 0.3 is 0 Å². The van der Waals surface area contributed by atoms with Gasteiger partial charge in [0.05, 0.1) is 12.6 Å². The zero-order valence-electron chi connectivity index (χ0n) is 21.9. The number of aliphatic hydroxyl groups is 1. The van der Waals surface area contributed by atoms with E-state index in [9.17, 15) is 9.90 Å². The molecule has 1 unspecified atom stereocenters. The van der Waals surface area contributed by atoms with Crippen LogP contribution in [0.15, 0.2) is 54.6 Å². The third-order valence-corrected chi connectivity index (χ3v) is 7.81. The van der Waals surface area contributed by atoms with E-state index in [0.29, 0.717) is 13.1 Å². The molecule has 36 heavy (non-hydrogen) atoms. The normalized spacial score (nSPS) is 19.9. The van der Waals surface area contributed by atoms with Crippen LogP contribution < -0.4 is 5.32 Å². The van der Waals surface area contributed by atoms with Crippen molar-refractivity contribution >= 4 is 11.6 Å². The fourth-order valence-electron chi connectivity index (χ4n) is 5.20. The molecular weight excluding hydrogens is 454 g/mol. The highest BCUT2D eigenvalue weighted by Gasteiger charge is 2.51. The number of amides is 1. The van der Waals surface area contributed by atoms with Crippen molar-refractivity contribution in [1.29, 1.82) is 0 Å². The largest absolute Gasteiger partial charge is 0.391 e. The molecule has 1 aliphatic carbocycles. The maximum Gasteiger partial charge on any atom is 0.244 e. The van der Waals surface area contributed by atoms with Crippen molar-refractivity contribution in [3.63, 3.8) is 0 Å². The lowest BCUT2D eigenvalue weighted by Crippen LogP contribution is -2.48. The molecular formula is C29H41N3O4. The van der Waals surface area contributed by atoms with Crippen LogP contribution in [0.3, 0.4) is 0 Å². The van der Waals surface area contributed by atoms with Crippen molar-refractivity contribution in [1.82, 2.24) is 9.80 Å². The van der Waals surface area contributed by atoms with E-state index in [4.69, 9.17) is 9.47 Å². The molecule has 1 spiro atoms. The summed E-state index contributed by atoms with van der Waals surface area (Å²) in [5.41, 5.74) is 3.42. The van der Waals surface area contributed by atoms with Crippen molar-refractivity contribution in [3.8, 4) is 11.1 Å². The number of likely N-dealkylation sites (tertiary alicyclic amines) is 1. The van der Waals surface area contributed by atoms with E-state index in [2.05, 4.69) is 34.5 Å². The maximum absolute atomic E-state index is 13.4. The molecule has 1 amide bonds. The highest BCUT2D eigenvalue weighted by molar-refractivity contribution is 5.84. The molecule has 2 N–H and O–H groups in total. The molecule has 196 valence electrons. The predicted octanol–water partition coefficient (Wildman–Crippen LogP) is 3.84. The lowest BCUT2D eigenvalue weighted by Gasteiger charge is -2.37. The topological polar surface area (TPSA) is 74.3 Å².